The van der Waals surface area contributed by atoms with Gasteiger partial charge in [-0.1, -0.05) is 36.4 Å². The lowest BCUT2D eigenvalue weighted by Gasteiger charge is -2.26. The Morgan fingerprint density at radius 1 is 0.975 bits per heavy atom. The van der Waals surface area contributed by atoms with Crippen LogP contribution in [0.15, 0.2) is 48.5 Å². The van der Waals surface area contributed by atoms with Crippen LogP contribution < -0.4 is 20.7 Å². The fourth-order valence-electron chi connectivity index (χ4n) is 4.67. The largest absolute Gasteiger partial charge is 0.491 e. The van der Waals surface area contributed by atoms with Crippen LogP contribution in [0.25, 0.3) is 0 Å². The number of likely N-dealkylation sites (N-methyl/N-ethyl adjacent to an activating group) is 1. The third kappa shape index (κ3) is 8.03. The summed E-state index contributed by atoms with van der Waals surface area (Å²) < 4.78 is 11.2. The van der Waals surface area contributed by atoms with Crippen LogP contribution in [0.2, 0.25) is 0 Å². The number of fused-ring (bicyclic) bond motifs is 1. The third-order valence-corrected chi connectivity index (χ3v) is 6.92. The molecule has 4 amide bonds. The smallest absolute Gasteiger partial charge is 0.255 e. The molecule has 0 unspecified atom stereocenters. The normalized spacial score (nSPS) is 21.4. The van der Waals surface area contributed by atoms with Gasteiger partial charge in [-0.05, 0) is 30.2 Å². The van der Waals surface area contributed by atoms with Crippen LogP contribution >= 0.6 is 0 Å². The molecule has 11 nitrogen and oxygen atoms in total. The molecule has 3 N–H and O–H groups in total. The van der Waals surface area contributed by atoms with Crippen molar-refractivity contribution in [2.75, 3.05) is 46.5 Å². The Labute approximate surface area is 234 Å². The van der Waals surface area contributed by atoms with E-state index in [1.807, 2.05) is 24.3 Å². The second-order valence-corrected chi connectivity index (χ2v) is 10.1. The van der Waals surface area contributed by atoms with E-state index in [2.05, 4.69) is 20.9 Å². The molecule has 0 radical (unpaired) electrons. The fourth-order valence-corrected chi connectivity index (χ4v) is 4.67. The van der Waals surface area contributed by atoms with Gasteiger partial charge >= 0.3 is 0 Å². The first-order valence-corrected chi connectivity index (χ1v) is 13.5. The van der Waals surface area contributed by atoms with Gasteiger partial charge in [-0.15, -0.1) is 0 Å². The van der Waals surface area contributed by atoms with E-state index in [1.54, 1.807) is 38.2 Å². The number of amides is 4. The number of benzene rings is 2. The summed E-state index contributed by atoms with van der Waals surface area (Å²) in [5, 5.41) is 8.18. The summed E-state index contributed by atoms with van der Waals surface area (Å²) in [4.78, 5) is 55.8. The molecule has 1 fully saturated rings. The number of ether oxygens (including phenoxy) is 2. The van der Waals surface area contributed by atoms with Crippen molar-refractivity contribution in [1.82, 2.24) is 25.8 Å². The molecular weight excluding hydrogens is 514 g/mol. The van der Waals surface area contributed by atoms with Crippen LogP contribution in [0.4, 0.5) is 0 Å². The van der Waals surface area contributed by atoms with Gasteiger partial charge in [0.15, 0.2) is 0 Å². The highest BCUT2D eigenvalue weighted by Gasteiger charge is 2.28. The molecule has 214 valence electrons. The summed E-state index contributed by atoms with van der Waals surface area (Å²) in [6.07, 6.45) is -0.334. The Hall–Kier alpha value is -3.96. The topological polar surface area (TPSA) is 129 Å². The maximum absolute atomic E-state index is 13.3. The molecule has 40 heavy (non-hydrogen) atoms. The van der Waals surface area contributed by atoms with Crippen molar-refractivity contribution in [2.24, 2.45) is 0 Å². The maximum Gasteiger partial charge on any atom is 0.255 e. The van der Waals surface area contributed by atoms with Crippen LogP contribution in [-0.4, -0.2) is 92.0 Å². The predicted octanol–water partition coefficient (Wildman–Crippen LogP) is 0.679. The zero-order valence-corrected chi connectivity index (χ0v) is 23.0. The van der Waals surface area contributed by atoms with E-state index < -0.39 is 29.8 Å². The number of nitrogens with one attached hydrogen (secondary N) is 3. The van der Waals surface area contributed by atoms with E-state index in [4.69, 9.17) is 9.47 Å². The van der Waals surface area contributed by atoms with Crippen LogP contribution in [0.1, 0.15) is 34.8 Å². The molecule has 2 aliphatic rings. The van der Waals surface area contributed by atoms with Gasteiger partial charge in [0.1, 0.15) is 24.4 Å². The van der Waals surface area contributed by atoms with Crippen LogP contribution in [0, 0.1) is 0 Å². The Morgan fingerprint density at radius 2 is 1.73 bits per heavy atom. The Balaban J connectivity index is 1.47. The van der Waals surface area contributed by atoms with Crippen molar-refractivity contribution in [1.29, 1.82) is 0 Å². The average molecular weight is 552 g/mol. The highest BCUT2D eigenvalue weighted by Crippen LogP contribution is 2.19. The molecule has 0 aliphatic carbocycles. The predicted molar refractivity (Wildman–Crippen MR) is 147 cm³/mol. The molecule has 0 spiro atoms. The average Bonchev–Trinajstić information content (AvgIpc) is 2.95. The minimum absolute atomic E-state index is 0.154. The standard InChI is InChI=1S/C29H37N5O6/c1-20-29(38)33(2)10-15-40-25-9-4-3-8-23(25)27(36)32-24(17-26(35)31-20)28(37)30-18-21-6-5-7-22(16-21)19-34-11-13-39-14-12-34/h3-9,16,20,24H,10-15,17-19H2,1-2H3,(H,30,37)(H,31,35)(H,32,36)/t20-,24-/m0/s1. The molecule has 2 aromatic carbocycles. The van der Waals surface area contributed by atoms with Crippen LogP contribution in [0.5, 0.6) is 5.75 Å². The molecule has 2 aromatic rings. The van der Waals surface area contributed by atoms with Crippen molar-refractivity contribution in [3.8, 4) is 5.75 Å². The zero-order valence-electron chi connectivity index (χ0n) is 23.0. The summed E-state index contributed by atoms with van der Waals surface area (Å²) in [7, 11) is 1.62. The van der Waals surface area contributed by atoms with Crippen molar-refractivity contribution in [3.63, 3.8) is 0 Å². The zero-order chi connectivity index (χ0) is 28.5. The van der Waals surface area contributed by atoms with Crippen molar-refractivity contribution < 1.29 is 28.7 Å². The number of hydrogen-bond acceptors (Lipinski definition) is 7. The summed E-state index contributed by atoms with van der Waals surface area (Å²) in [6, 6.07) is 12.6. The number of nitrogens with zero attached hydrogens (tertiary/aromatic N) is 2. The number of morpholine rings is 1. The summed E-state index contributed by atoms with van der Waals surface area (Å²) in [6.45, 7) is 6.21. The Kier molecular flexibility index (Phi) is 10.1. The Bertz CT molecular complexity index is 1210. The number of hydrogen-bond donors (Lipinski definition) is 3. The lowest BCUT2D eigenvalue weighted by atomic mass is 10.1. The van der Waals surface area contributed by atoms with E-state index in [0.717, 1.165) is 44.0 Å². The highest BCUT2D eigenvalue weighted by molar-refractivity contribution is 6.01. The summed E-state index contributed by atoms with van der Waals surface area (Å²) in [5.41, 5.74) is 2.26. The molecule has 0 saturated carbocycles. The van der Waals surface area contributed by atoms with Gasteiger partial charge in [-0.25, -0.2) is 0 Å². The van der Waals surface area contributed by atoms with Crippen molar-refractivity contribution >= 4 is 23.6 Å². The molecular formula is C29H37N5O6. The molecule has 4 rings (SSSR count). The first-order chi connectivity index (χ1) is 19.3. The van der Waals surface area contributed by atoms with E-state index >= 15 is 0 Å². The number of para-hydroxylation sites is 1. The minimum Gasteiger partial charge on any atom is -0.491 e. The van der Waals surface area contributed by atoms with Gasteiger partial charge in [0.2, 0.25) is 17.7 Å². The lowest BCUT2D eigenvalue weighted by molar-refractivity contribution is -0.135. The molecule has 2 atom stereocenters. The van der Waals surface area contributed by atoms with Crippen molar-refractivity contribution in [2.45, 2.75) is 38.5 Å². The van der Waals surface area contributed by atoms with Gasteiger partial charge in [0, 0.05) is 33.2 Å². The minimum atomic E-state index is -1.17. The lowest BCUT2D eigenvalue weighted by Crippen LogP contribution is -2.52. The SMILES string of the molecule is C[C@@H]1NC(=O)C[C@@H](C(=O)NCc2cccc(CN3CCOCC3)c2)NC(=O)c2ccccc2OCCN(C)C1=O. The second kappa shape index (κ2) is 13.9. The van der Waals surface area contributed by atoms with Crippen molar-refractivity contribution in [3.05, 3.63) is 65.2 Å². The van der Waals surface area contributed by atoms with Gasteiger partial charge in [-0.2, -0.15) is 0 Å². The molecule has 2 aliphatic heterocycles. The maximum atomic E-state index is 13.3. The highest BCUT2D eigenvalue weighted by atomic mass is 16.5. The molecule has 0 aromatic heterocycles. The third-order valence-electron chi connectivity index (χ3n) is 6.92. The van der Waals surface area contributed by atoms with E-state index in [9.17, 15) is 19.2 Å². The summed E-state index contributed by atoms with van der Waals surface area (Å²) in [5.74, 6) is -1.53. The fraction of sp³-hybridized carbons (Fsp3) is 0.448. The first-order valence-electron chi connectivity index (χ1n) is 13.5. The molecule has 0 bridgehead atoms. The van der Waals surface area contributed by atoms with E-state index in [1.165, 1.54) is 4.90 Å². The molecule has 11 heteroatoms. The first kappa shape index (κ1) is 29.0. The number of carbonyl (C=O) groups excluding carboxylic acids is 4. The monoisotopic (exact) mass is 551 g/mol. The quantitative estimate of drug-likeness (QED) is 0.499. The molecule has 1 saturated heterocycles. The number of carbonyl (C=O) groups is 4. The van der Waals surface area contributed by atoms with Crippen LogP contribution in [-0.2, 0) is 32.2 Å². The van der Waals surface area contributed by atoms with Crippen LogP contribution in [0.3, 0.4) is 0 Å². The van der Waals surface area contributed by atoms with E-state index in [0.29, 0.717) is 5.75 Å². The molecule has 2 heterocycles. The van der Waals surface area contributed by atoms with Gasteiger partial charge in [-0.3, -0.25) is 24.1 Å². The Morgan fingerprint density at radius 3 is 2.52 bits per heavy atom. The number of rotatable bonds is 5. The van der Waals surface area contributed by atoms with E-state index in [-0.39, 0.29) is 37.6 Å². The van der Waals surface area contributed by atoms with Gasteiger partial charge < -0.3 is 30.3 Å². The summed E-state index contributed by atoms with van der Waals surface area (Å²) >= 11 is 0. The van der Waals surface area contributed by atoms with Gasteiger partial charge in [0.05, 0.1) is 31.7 Å². The van der Waals surface area contributed by atoms with Gasteiger partial charge in [0.25, 0.3) is 5.91 Å². The second-order valence-electron chi connectivity index (χ2n) is 10.1.